The van der Waals surface area contributed by atoms with Gasteiger partial charge in [-0.3, -0.25) is 4.98 Å². The van der Waals surface area contributed by atoms with Gasteiger partial charge >= 0.3 is 0 Å². The molecule has 20 heavy (non-hydrogen) atoms. The number of sulfonamides is 1. The van der Waals surface area contributed by atoms with E-state index < -0.39 is 10.0 Å². The summed E-state index contributed by atoms with van der Waals surface area (Å²) in [6.07, 6.45) is 6.40. The van der Waals surface area contributed by atoms with Gasteiger partial charge in [0, 0.05) is 17.5 Å². The number of hydrogen-bond donors (Lipinski definition) is 2. The smallest absolute Gasteiger partial charge is 0.243 e. The van der Waals surface area contributed by atoms with Crippen LogP contribution in [0.15, 0.2) is 23.2 Å². The molecule has 0 amide bonds. The lowest BCUT2D eigenvalue weighted by Gasteiger charge is -2.19. The molecule has 0 saturated heterocycles. The summed E-state index contributed by atoms with van der Waals surface area (Å²) in [5.74, 6) is 0. The van der Waals surface area contributed by atoms with Crippen LogP contribution in [0.2, 0.25) is 0 Å². The Hall–Kier alpha value is -0.700. The van der Waals surface area contributed by atoms with E-state index in [1.54, 1.807) is 17.8 Å². The average Bonchev–Trinajstić information content (AvgIpc) is 2.85. The number of rotatable bonds is 5. The molecule has 5 nitrogen and oxygen atoms in total. The molecule has 2 unspecified atom stereocenters. The van der Waals surface area contributed by atoms with Gasteiger partial charge in [-0.25, -0.2) is 13.1 Å². The first kappa shape index (κ1) is 15.7. The fourth-order valence-electron chi connectivity index (χ4n) is 2.40. The van der Waals surface area contributed by atoms with E-state index in [9.17, 15) is 8.42 Å². The standard InChI is InChI=1S/C12H17N3O2S3/c1-19-9-5-2-4-8(9)15-20(16,17)10-6-3-7-14-11(10)12(13)18/h3,6-9,15H,2,4-5H2,1H3,(H2,13,18). The Morgan fingerprint density at radius 2 is 2.30 bits per heavy atom. The lowest BCUT2D eigenvalue weighted by atomic mass is 10.3. The lowest BCUT2D eigenvalue weighted by molar-refractivity contribution is 0.554. The van der Waals surface area contributed by atoms with Crippen LogP contribution >= 0.6 is 24.0 Å². The zero-order valence-corrected chi connectivity index (χ0v) is 13.5. The van der Waals surface area contributed by atoms with Crippen molar-refractivity contribution in [3.8, 4) is 0 Å². The molecule has 1 aliphatic rings. The Labute approximate surface area is 128 Å². The highest BCUT2D eigenvalue weighted by Crippen LogP contribution is 2.29. The van der Waals surface area contributed by atoms with Gasteiger partial charge in [0.2, 0.25) is 10.0 Å². The van der Waals surface area contributed by atoms with E-state index in [1.807, 2.05) is 6.26 Å². The normalized spacial score (nSPS) is 22.9. The summed E-state index contributed by atoms with van der Waals surface area (Å²) in [7, 11) is -3.66. The van der Waals surface area contributed by atoms with Crippen molar-refractivity contribution in [3.63, 3.8) is 0 Å². The fraction of sp³-hybridized carbons (Fsp3) is 0.500. The van der Waals surface area contributed by atoms with Crippen molar-refractivity contribution in [2.45, 2.75) is 35.4 Å². The van der Waals surface area contributed by atoms with Gasteiger partial charge in [-0.2, -0.15) is 11.8 Å². The molecule has 0 bridgehead atoms. The van der Waals surface area contributed by atoms with E-state index in [0.717, 1.165) is 19.3 Å². The van der Waals surface area contributed by atoms with E-state index in [0.29, 0.717) is 5.25 Å². The molecule has 1 heterocycles. The third kappa shape index (κ3) is 3.30. The third-order valence-electron chi connectivity index (χ3n) is 3.36. The average molecular weight is 331 g/mol. The monoisotopic (exact) mass is 331 g/mol. The van der Waals surface area contributed by atoms with Crippen molar-refractivity contribution >= 4 is 39.0 Å². The second kappa shape index (κ2) is 6.38. The highest BCUT2D eigenvalue weighted by atomic mass is 32.2. The number of pyridine rings is 1. The summed E-state index contributed by atoms with van der Waals surface area (Å²) in [5.41, 5.74) is 5.69. The zero-order chi connectivity index (χ0) is 14.8. The van der Waals surface area contributed by atoms with Crippen LogP contribution in [-0.4, -0.2) is 35.9 Å². The maximum absolute atomic E-state index is 12.5. The van der Waals surface area contributed by atoms with Gasteiger partial charge in [0.25, 0.3) is 0 Å². The number of nitrogens with two attached hydrogens (primary N) is 1. The summed E-state index contributed by atoms with van der Waals surface area (Å²) in [4.78, 5) is 4.01. The lowest BCUT2D eigenvalue weighted by Crippen LogP contribution is -2.39. The van der Waals surface area contributed by atoms with Crippen LogP contribution in [0.1, 0.15) is 25.0 Å². The van der Waals surface area contributed by atoms with Crippen LogP contribution in [0.5, 0.6) is 0 Å². The Morgan fingerprint density at radius 3 is 2.95 bits per heavy atom. The molecule has 1 saturated carbocycles. The van der Waals surface area contributed by atoms with Crippen molar-refractivity contribution in [2.24, 2.45) is 5.73 Å². The van der Waals surface area contributed by atoms with Gasteiger partial charge in [-0.05, 0) is 31.2 Å². The largest absolute Gasteiger partial charge is 0.388 e. The molecule has 1 aliphatic carbocycles. The van der Waals surface area contributed by atoms with Crippen molar-refractivity contribution in [1.29, 1.82) is 0 Å². The maximum Gasteiger partial charge on any atom is 0.243 e. The molecule has 0 spiro atoms. The van der Waals surface area contributed by atoms with Crippen molar-refractivity contribution in [1.82, 2.24) is 9.71 Å². The molecule has 0 radical (unpaired) electrons. The molecule has 110 valence electrons. The van der Waals surface area contributed by atoms with Crippen molar-refractivity contribution in [3.05, 3.63) is 24.0 Å². The van der Waals surface area contributed by atoms with Gasteiger partial charge in [0.1, 0.15) is 15.6 Å². The molecule has 1 aromatic heterocycles. The third-order valence-corrected chi connectivity index (χ3v) is 6.24. The maximum atomic E-state index is 12.5. The second-order valence-corrected chi connectivity index (χ2v) is 7.85. The number of thiocarbonyl (C=S) groups is 1. The first-order valence-electron chi connectivity index (χ1n) is 6.25. The molecule has 3 N–H and O–H groups in total. The molecular formula is C12H17N3O2S3. The molecule has 1 aromatic rings. The van der Waals surface area contributed by atoms with E-state index in [2.05, 4.69) is 9.71 Å². The molecule has 2 atom stereocenters. The topological polar surface area (TPSA) is 85.1 Å². The Bertz CT molecular complexity index is 604. The van der Waals surface area contributed by atoms with Gasteiger partial charge in [0.15, 0.2) is 0 Å². The summed E-state index contributed by atoms with van der Waals surface area (Å²) in [5, 5.41) is 0.315. The molecule has 1 fully saturated rings. The first-order valence-corrected chi connectivity index (χ1v) is 9.43. The minimum absolute atomic E-state index is 0.0150. The van der Waals surface area contributed by atoms with E-state index in [1.165, 1.54) is 12.3 Å². The Morgan fingerprint density at radius 1 is 1.55 bits per heavy atom. The summed E-state index contributed by atoms with van der Waals surface area (Å²) in [6, 6.07) is 3.00. The van der Waals surface area contributed by atoms with Crippen LogP contribution in [0.4, 0.5) is 0 Å². The van der Waals surface area contributed by atoms with E-state index in [4.69, 9.17) is 18.0 Å². The predicted molar refractivity (Wildman–Crippen MR) is 85.4 cm³/mol. The fourth-order valence-corrected chi connectivity index (χ4v) is 5.13. The van der Waals surface area contributed by atoms with Gasteiger partial charge in [0.05, 0.1) is 0 Å². The molecule has 8 heteroatoms. The summed E-state index contributed by atoms with van der Waals surface area (Å²) in [6.45, 7) is 0. The highest BCUT2D eigenvalue weighted by Gasteiger charge is 2.32. The predicted octanol–water partition coefficient (Wildman–Crippen LogP) is 1.28. The minimum atomic E-state index is -3.66. The zero-order valence-electron chi connectivity index (χ0n) is 11.1. The SMILES string of the molecule is CSC1CCCC1NS(=O)(=O)c1cccnc1C(N)=S. The number of nitrogens with one attached hydrogen (secondary N) is 1. The molecule has 0 aliphatic heterocycles. The summed E-state index contributed by atoms with van der Waals surface area (Å²) < 4.78 is 27.8. The molecule has 2 rings (SSSR count). The first-order chi connectivity index (χ1) is 9.45. The number of thioether (sulfide) groups is 1. The second-order valence-electron chi connectivity index (χ2n) is 4.65. The highest BCUT2D eigenvalue weighted by molar-refractivity contribution is 7.99. The van der Waals surface area contributed by atoms with Crippen LogP contribution in [0.25, 0.3) is 0 Å². The Kier molecular flexibility index (Phi) is 5.00. The van der Waals surface area contributed by atoms with Crippen molar-refractivity contribution in [2.75, 3.05) is 6.26 Å². The number of nitrogens with zero attached hydrogens (tertiary/aromatic N) is 1. The quantitative estimate of drug-likeness (QED) is 0.791. The van der Waals surface area contributed by atoms with Crippen LogP contribution in [0.3, 0.4) is 0 Å². The van der Waals surface area contributed by atoms with E-state index >= 15 is 0 Å². The van der Waals surface area contributed by atoms with Gasteiger partial charge < -0.3 is 5.73 Å². The van der Waals surface area contributed by atoms with Crippen LogP contribution in [0, 0.1) is 0 Å². The van der Waals surface area contributed by atoms with Crippen LogP contribution < -0.4 is 10.5 Å². The number of hydrogen-bond acceptors (Lipinski definition) is 5. The van der Waals surface area contributed by atoms with Gasteiger partial charge in [-0.15, -0.1) is 0 Å². The van der Waals surface area contributed by atoms with E-state index in [-0.39, 0.29) is 21.6 Å². The van der Waals surface area contributed by atoms with Crippen molar-refractivity contribution < 1.29 is 8.42 Å². The minimum Gasteiger partial charge on any atom is -0.388 e. The Balaban J connectivity index is 2.29. The molecule has 0 aromatic carbocycles. The summed E-state index contributed by atoms with van der Waals surface area (Å²) >= 11 is 6.56. The number of aromatic nitrogens is 1. The molecular weight excluding hydrogens is 314 g/mol. The van der Waals surface area contributed by atoms with Crippen LogP contribution in [-0.2, 0) is 10.0 Å². The van der Waals surface area contributed by atoms with Gasteiger partial charge in [-0.1, -0.05) is 18.6 Å².